The molecule has 3 N–H and O–H groups in total. The SMILES string of the molecule is Cc1cccc(CN(CCc2c[nH]c3ccccc23)[C@@H]2CC[C@@H](NCc3ccccc3)[C@H]2O)c1. The van der Waals surface area contributed by atoms with E-state index in [0.717, 1.165) is 38.9 Å². The van der Waals surface area contributed by atoms with E-state index in [2.05, 4.69) is 101 Å². The minimum Gasteiger partial charge on any atom is -0.390 e. The van der Waals surface area contributed by atoms with E-state index >= 15 is 0 Å². The Balaban J connectivity index is 1.30. The number of fused-ring (bicyclic) bond motifs is 1. The van der Waals surface area contributed by atoms with E-state index < -0.39 is 0 Å². The topological polar surface area (TPSA) is 51.3 Å². The van der Waals surface area contributed by atoms with Crippen molar-refractivity contribution in [1.82, 2.24) is 15.2 Å². The number of benzene rings is 3. The van der Waals surface area contributed by atoms with E-state index in [4.69, 9.17) is 0 Å². The molecule has 0 bridgehead atoms. The summed E-state index contributed by atoms with van der Waals surface area (Å²) in [4.78, 5) is 5.91. The Bertz CT molecular complexity index is 1200. The third kappa shape index (κ3) is 5.25. The van der Waals surface area contributed by atoms with Gasteiger partial charge in [-0.2, -0.15) is 0 Å². The fourth-order valence-electron chi connectivity index (χ4n) is 5.44. The van der Waals surface area contributed by atoms with Crippen molar-refractivity contribution in [2.45, 2.75) is 57.5 Å². The molecule has 1 heterocycles. The third-order valence-corrected chi connectivity index (χ3v) is 7.27. The number of hydrogen-bond acceptors (Lipinski definition) is 3. The van der Waals surface area contributed by atoms with E-state index in [1.54, 1.807) is 0 Å². The van der Waals surface area contributed by atoms with Crippen molar-refractivity contribution in [3.63, 3.8) is 0 Å². The molecule has 0 radical (unpaired) electrons. The van der Waals surface area contributed by atoms with E-state index in [1.165, 1.54) is 33.2 Å². The zero-order chi connectivity index (χ0) is 23.3. The number of aromatic amines is 1. The lowest BCUT2D eigenvalue weighted by molar-refractivity contribution is 0.0515. The molecule has 4 aromatic rings. The highest BCUT2D eigenvalue weighted by molar-refractivity contribution is 5.83. The van der Waals surface area contributed by atoms with Crippen LogP contribution in [0.15, 0.2) is 85.1 Å². The number of rotatable bonds is 9. The summed E-state index contributed by atoms with van der Waals surface area (Å²) in [5.41, 5.74) is 6.38. The molecule has 5 rings (SSSR count). The molecule has 0 spiro atoms. The number of H-pyrrole nitrogens is 1. The van der Waals surface area contributed by atoms with Gasteiger partial charge < -0.3 is 15.4 Å². The van der Waals surface area contributed by atoms with Crippen molar-refractivity contribution in [3.05, 3.63) is 107 Å². The predicted molar refractivity (Wildman–Crippen MR) is 140 cm³/mol. The summed E-state index contributed by atoms with van der Waals surface area (Å²) >= 11 is 0. The summed E-state index contributed by atoms with van der Waals surface area (Å²) in [6, 6.07) is 28.0. The first-order valence-electron chi connectivity index (χ1n) is 12.5. The molecule has 3 aromatic carbocycles. The largest absolute Gasteiger partial charge is 0.390 e. The number of aliphatic hydroxyl groups excluding tert-OH is 1. The van der Waals surface area contributed by atoms with Crippen LogP contribution in [-0.2, 0) is 19.5 Å². The van der Waals surface area contributed by atoms with Crippen LogP contribution in [-0.4, -0.2) is 39.7 Å². The third-order valence-electron chi connectivity index (χ3n) is 7.27. The summed E-state index contributed by atoms with van der Waals surface area (Å²) in [6.45, 7) is 4.72. The molecule has 0 saturated heterocycles. The van der Waals surface area contributed by atoms with Crippen LogP contribution in [0.5, 0.6) is 0 Å². The molecule has 1 aromatic heterocycles. The second-order valence-corrected chi connectivity index (χ2v) is 9.68. The zero-order valence-electron chi connectivity index (χ0n) is 20.0. The van der Waals surface area contributed by atoms with Crippen LogP contribution in [0.25, 0.3) is 10.9 Å². The Hall–Kier alpha value is -2.92. The van der Waals surface area contributed by atoms with Crippen LogP contribution in [0, 0.1) is 6.92 Å². The molecule has 1 aliphatic rings. The maximum atomic E-state index is 11.3. The Morgan fingerprint density at radius 1 is 0.941 bits per heavy atom. The number of hydrogen-bond donors (Lipinski definition) is 3. The van der Waals surface area contributed by atoms with Crippen LogP contribution < -0.4 is 5.32 Å². The second kappa shape index (κ2) is 10.6. The zero-order valence-corrected chi connectivity index (χ0v) is 20.0. The summed E-state index contributed by atoms with van der Waals surface area (Å²) in [5.74, 6) is 0. The standard InChI is InChI=1S/C30H35N3O/c1-22-8-7-11-24(18-22)21-33(17-16-25-20-32-27-13-6-5-12-26(25)27)29-15-14-28(30(29)34)31-19-23-9-3-2-4-10-23/h2-13,18,20,28-32,34H,14-17,19,21H2,1H3/t28-,29-,30-/m1/s1. The Morgan fingerprint density at radius 2 is 1.74 bits per heavy atom. The first-order valence-corrected chi connectivity index (χ1v) is 12.5. The number of aromatic nitrogens is 1. The Morgan fingerprint density at radius 3 is 2.59 bits per heavy atom. The van der Waals surface area contributed by atoms with Crippen molar-refractivity contribution in [2.75, 3.05) is 6.54 Å². The Labute approximate surface area is 202 Å². The van der Waals surface area contributed by atoms with Gasteiger partial charge in [0, 0.05) is 48.8 Å². The molecular formula is C30H35N3O. The van der Waals surface area contributed by atoms with Gasteiger partial charge in [0.1, 0.15) is 0 Å². The molecule has 1 aliphatic carbocycles. The number of nitrogens with one attached hydrogen (secondary N) is 2. The average Bonchev–Trinajstić information content (AvgIpc) is 3.44. The van der Waals surface area contributed by atoms with Gasteiger partial charge in [-0.1, -0.05) is 78.4 Å². The van der Waals surface area contributed by atoms with Gasteiger partial charge in [-0.3, -0.25) is 4.90 Å². The first kappa shape index (κ1) is 22.9. The molecule has 4 heteroatoms. The maximum Gasteiger partial charge on any atom is 0.0848 e. The molecule has 1 fully saturated rings. The van der Waals surface area contributed by atoms with Crippen LogP contribution in [0.2, 0.25) is 0 Å². The van der Waals surface area contributed by atoms with Gasteiger partial charge in [0.2, 0.25) is 0 Å². The second-order valence-electron chi connectivity index (χ2n) is 9.68. The maximum absolute atomic E-state index is 11.3. The molecule has 176 valence electrons. The van der Waals surface area contributed by atoms with E-state index in [0.29, 0.717) is 0 Å². The van der Waals surface area contributed by atoms with Gasteiger partial charge in [-0.15, -0.1) is 0 Å². The highest BCUT2D eigenvalue weighted by atomic mass is 16.3. The lowest BCUT2D eigenvalue weighted by atomic mass is 10.1. The molecule has 4 nitrogen and oxygen atoms in total. The van der Waals surface area contributed by atoms with Gasteiger partial charge in [-0.05, 0) is 48.9 Å². The van der Waals surface area contributed by atoms with Crippen LogP contribution in [0.3, 0.4) is 0 Å². The normalized spacial score (nSPS) is 20.4. The molecular weight excluding hydrogens is 418 g/mol. The molecule has 3 atom stereocenters. The van der Waals surface area contributed by atoms with Gasteiger partial charge in [0.15, 0.2) is 0 Å². The number of para-hydroxylation sites is 1. The first-order chi connectivity index (χ1) is 16.7. The smallest absolute Gasteiger partial charge is 0.0848 e. The molecule has 34 heavy (non-hydrogen) atoms. The minimum atomic E-state index is -0.378. The quantitative estimate of drug-likeness (QED) is 0.326. The highest BCUT2D eigenvalue weighted by Crippen LogP contribution is 2.28. The summed E-state index contributed by atoms with van der Waals surface area (Å²) in [7, 11) is 0. The number of nitrogens with zero attached hydrogens (tertiary/aromatic N) is 1. The monoisotopic (exact) mass is 453 g/mol. The fourth-order valence-corrected chi connectivity index (χ4v) is 5.44. The Kier molecular flexibility index (Phi) is 7.10. The van der Waals surface area contributed by atoms with E-state index in [1.807, 2.05) is 6.07 Å². The molecule has 0 amide bonds. The molecule has 0 aliphatic heterocycles. The summed E-state index contributed by atoms with van der Waals surface area (Å²) < 4.78 is 0. The van der Waals surface area contributed by atoms with Crippen LogP contribution in [0.4, 0.5) is 0 Å². The van der Waals surface area contributed by atoms with Crippen molar-refractivity contribution < 1.29 is 5.11 Å². The van der Waals surface area contributed by atoms with Gasteiger partial charge >= 0.3 is 0 Å². The van der Waals surface area contributed by atoms with Gasteiger partial charge in [0.05, 0.1) is 6.10 Å². The van der Waals surface area contributed by atoms with E-state index in [9.17, 15) is 5.11 Å². The van der Waals surface area contributed by atoms with Crippen LogP contribution in [0.1, 0.15) is 35.1 Å². The van der Waals surface area contributed by atoms with Crippen molar-refractivity contribution >= 4 is 10.9 Å². The predicted octanol–water partition coefficient (Wildman–Crippen LogP) is 5.20. The molecule has 1 saturated carbocycles. The summed E-state index contributed by atoms with van der Waals surface area (Å²) in [6.07, 6.45) is 4.73. The van der Waals surface area contributed by atoms with E-state index in [-0.39, 0.29) is 18.2 Å². The lowest BCUT2D eigenvalue weighted by Crippen LogP contribution is -2.47. The molecule has 0 unspecified atom stereocenters. The lowest BCUT2D eigenvalue weighted by Gasteiger charge is -2.32. The van der Waals surface area contributed by atoms with Crippen molar-refractivity contribution in [3.8, 4) is 0 Å². The fraction of sp³-hybridized carbons (Fsp3) is 0.333. The van der Waals surface area contributed by atoms with Gasteiger partial charge in [-0.25, -0.2) is 0 Å². The van der Waals surface area contributed by atoms with Crippen LogP contribution >= 0.6 is 0 Å². The van der Waals surface area contributed by atoms with Crippen molar-refractivity contribution in [1.29, 1.82) is 0 Å². The number of aliphatic hydroxyl groups is 1. The summed E-state index contributed by atoms with van der Waals surface area (Å²) in [5, 5.41) is 16.3. The number of aryl methyl sites for hydroxylation is 1. The minimum absolute atomic E-state index is 0.123. The highest BCUT2D eigenvalue weighted by Gasteiger charge is 2.37. The van der Waals surface area contributed by atoms with Gasteiger partial charge in [0.25, 0.3) is 0 Å². The van der Waals surface area contributed by atoms with Crippen molar-refractivity contribution in [2.24, 2.45) is 0 Å². The average molecular weight is 454 g/mol.